The first-order valence-corrected chi connectivity index (χ1v) is 8.04. The van der Waals surface area contributed by atoms with Crippen LogP contribution in [0.5, 0.6) is 0 Å². The highest BCUT2D eigenvalue weighted by molar-refractivity contribution is 7.15. The molecule has 1 aliphatic rings. The summed E-state index contributed by atoms with van der Waals surface area (Å²) in [4.78, 5) is 10.5. The van der Waals surface area contributed by atoms with Gasteiger partial charge in [-0.25, -0.2) is 4.98 Å². The fraction of sp³-hybridized carbons (Fsp3) is 0.615. The van der Waals surface area contributed by atoms with Crippen LogP contribution in [-0.2, 0) is 5.88 Å². The van der Waals surface area contributed by atoms with Crippen LogP contribution in [0.2, 0.25) is 0 Å². The summed E-state index contributed by atoms with van der Waals surface area (Å²) in [6.07, 6.45) is 4.54. The average Bonchev–Trinajstić information content (AvgIpc) is 2.98. The van der Waals surface area contributed by atoms with E-state index in [-0.39, 0.29) is 0 Å². The van der Waals surface area contributed by atoms with E-state index in [4.69, 9.17) is 16.6 Å². The van der Waals surface area contributed by atoms with Crippen LogP contribution >= 0.6 is 22.9 Å². The van der Waals surface area contributed by atoms with Crippen molar-refractivity contribution in [3.63, 3.8) is 0 Å². The van der Waals surface area contributed by atoms with Gasteiger partial charge in [0, 0.05) is 30.7 Å². The van der Waals surface area contributed by atoms with Gasteiger partial charge in [0.05, 0.1) is 11.6 Å². The lowest BCUT2D eigenvalue weighted by Crippen LogP contribution is -2.45. The topological polar surface area (TPSA) is 23.8 Å². The zero-order valence-corrected chi connectivity index (χ0v) is 12.9. The van der Waals surface area contributed by atoms with Crippen molar-refractivity contribution < 1.29 is 0 Å². The number of nitrogens with zero attached hydrogens (tertiary/aromatic N) is 4. The van der Waals surface area contributed by atoms with Crippen molar-refractivity contribution in [1.82, 2.24) is 14.3 Å². The Bertz CT molecular complexity index is 562. The predicted molar refractivity (Wildman–Crippen MR) is 81.5 cm³/mol. The van der Waals surface area contributed by atoms with E-state index in [0.717, 1.165) is 29.6 Å². The quantitative estimate of drug-likeness (QED) is 0.814. The van der Waals surface area contributed by atoms with E-state index in [1.165, 1.54) is 12.8 Å². The Kier molecular flexibility index (Phi) is 3.69. The number of alkyl halides is 1. The monoisotopic (exact) mass is 298 g/mol. The van der Waals surface area contributed by atoms with Gasteiger partial charge in [0.2, 0.25) is 0 Å². The van der Waals surface area contributed by atoms with Crippen molar-refractivity contribution in [2.75, 3.05) is 32.1 Å². The first kappa shape index (κ1) is 13.2. The Balaban J connectivity index is 1.92. The minimum atomic E-state index is 0.510. The van der Waals surface area contributed by atoms with Gasteiger partial charge in [-0.2, -0.15) is 0 Å². The molecular formula is C13H19ClN4S. The normalized spacial score (nSPS) is 20.6. The van der Waals surface area contributed by atoms with E-state index in [2.05, 4.69) is 39.9 Å². The van der Waals surface area contributed by atoms with E-state index in [1.807, 2.05) is 0 Å². The number of thiazole rings is 1. The molecule has 0 saturated carbocycles. The predicted octanol–water partition coefficient (Wildman–Crippen LogP) is 2.67. The highest BCUT2D eigenvalue weighted by Gasteiger charge is 2.25. The van der Waals surface area contributed by atoms with E-state index < -0.39 is 0 Å². The SMILES string of the molecule is CN(C)C1CCCN(c2nc3sccn3c2CCl)C1. The van der Waals surface area contributed by atoms with Crippen molar-refractivity contribution in [2.24, 2.45) is 0 Å². The summed E-state index contributed by atoms with van der Waals surface area (Å²) < 4.78 is 2.12. The largest absolute Gasteiger partial charge is 0.353 e. The maximum Gasteiger partial charge on any atom is 0.195 e. The molecule has 1 unspecified atom stereocenters. The number of imidazole rings is 1. The number of halogens is 1. The number of hydrogen-bond donors (Lipinski definition) is 0. The fourth-order valence-electron chi connectivity index (χ4n) is 2.77. The second-order valence-electron chi connectivity index (χ2n) is 5.28. The minimum absolute atomic E-state index is 0.510. The van der Waals surface area contributed by atoms with Gasteiger partial charge in [0.15, 0.2) is 10.8 Å². The summed E-state index contributed by atoms with van der Waals surface area (Å²) in [5, 5.41) is 2.06. The molecule has 1 saturated heterocycles. The molecule has 2 aromatic heterocycles. The summed E-state index contributed by atoms with van der Waals surface area (Å²) in [6, 6.07) is 0.608. The zero-order valence-electron chi connectivity index (χ0n) is 11.3. The van der Waals surface area contributed by atoms with Crippen LogP contribution in [-0.4, -0.2) is 47.5 Å². The van der Waals surface area contributed by atoms with Gasteiger partial charge in [-0.1, -0.05) is 0 Å². The summed E-state index contributed by atoms with van der Waals surface area (Å²) in [5.41, 5.74) is 1.12. The minimum Gasteiger partial charge on any atom is -0.353 e. The molecule has 104 valence electrons. The molecule has 2 aromatic rings. The summed E-state index contributed by atoms with van der Waals surface area (Å²) in [6.45, 7) is 2.13. The van der Waals surface area contributed by atoms with Gasteiger partial charge in [-0.15, -0.1) is 22.9 Å². The molecule has 4 nitrogen and oxygen atoms in total. The van der Waals surface area contributed by atoms with Crippen LogP contribution in [0.15, 0.2) is 11.6 Å². The van der Waals surface area contributed by atoms with Crippen LogP contribution in [0.1, 0.15) is 18.5 Å². The van der Waals surface area contributed by atoms with Crippen LogP contribution in [0.3, 0.4) is 0 Å². The number of anilines is 1. The lowest BCUT2D eigenvalue weighted by atomic mass is 10.0. The van der Waals surface area contributed by atoms with Gasteiger partial charge < -0.3 is 9.80 Å². The first-order chi connectivity index (χ1) is 9.20. The molecule has 1 aliphatic heterocycles. The van der Waals surface area contributed by atoms with Crippen molar-refractivity contribution in [3.8, 4) is 0 Å². The van der Waals surface area contributed by atoms with E-state index in [0.29, 0.717) is 11.9 Å². The maximum absolute atomic E-state index is 6.13. The number of likely N-dealkylation sites (N-methyl/N-ethyl adjacent to an activating group) is 1. The summed E-state index contributed by atoms with van der Waals surface area (Å²) in [5.74, 6) is 1.59. The van der Waals surface area contributed by atoms with E-state index in [9.17, 15) is 0 Å². The fourth-order valence-corrected chi connectivity index (χ4v) is 3.74. The molecule has 3 heterocycles. The lowest BCUT2D eigenvalue weighted by Gasteiger charge is -2.36. The average molecular weight is 299 g/mol. The van der Waals surface area contributed by atoms with Gasteiger partial charge >= 0.3 is 0 Å². The molecule has 1 fully saturated rings. The highest BCUT2D eigenvalue weighted by atomic mass is 35.5. The maximum atomic E-state index is 6.13. The molecule has 0 amide bonds. The van der Waals surface area contributed by atoms with E-state index in [1.54, 1.807) is 11.3 Å². The molecule has 0 N–H and O–H groups in total. The van der Waals surface area contributed by atoms with Crippen molar-refractivity contribution in [2.45, 2.75) is 24.8 Å². The standard InChI is InChI=1S/C13H19ClN4S/c1-16(2)10-4-3-5-17(9-10)12-11(8-14)18-6-7-19-13(18)15-12/h6-7,10H,3-5,8-9H2,1-2H3. The Hall–Kier alpha value is -0.780. The van der Waals surface area contributed by atoms with Crippen LogP contribution in [0.4, 0.5) is 5.82 Å². The third kappa shape index (κ3) is 2.35. The second-order valence-corrected chi connectivity index (χ2v) is 6.42. The molecule has 0 aliphatic carbocycles. The Morgan fingerprint density at radius 2 is 2.37 bits per heavy atom. The molecule has 0 spiro atoms. The molecule has 0 radical (unpaired) electrons. The second kappa shape index (κ2) is 5.31. The zero-order chi connectivity index (χ0) is 13.4. The molecular weight excluding hydrogens is 280 g/mol. The van der Waals surface area contributed by atoms with Crippen LogP contribution in [0, 0.1) is 0 Å². The van der Waals surface area contributed by atoms with Gasteiger partial charge in [0.1, 0.15) is 0 Å². The molecule has 19 heavy (non-hydrogen) atoms. The Morgan fingerprint density at radius 3 is 3.11 bits per heavy atom. The summed E-state index contributed by atoms with van der Waals surface area (Å²) >= 11 is 7.80. The third-order valence-corrected chi connectivity index (χ3v) is 4.90. The van der Waals surface area contributed by atoms with Crippen molar-refractivity contribution >= 4 is 33.7 Å². The molecule has 0 bridgehead atoms. The lowest BCUT2D eigenvalue weighted by molar-refractivity contribution is 0.257. The number of hydrogen-bond acceptors (Lipinski definition) is 4. The van der Waals surface area contributed by atoms with Gasteiger partial charge in [-0.05, 0) is 26.9 Å². The van der Waals surface area contributed by atoms with Crippen LogP contribution < -0.4 is 4.90 Å². The van der Waals surface area contributed by atoms with Crippen molar-refractivity contribution in [1.29, 1.82) is 0 Å². The number of fused-ring (bicyclic) bond motifs is 1. The van der Waals surface area contributed by atoms with Crippen molar-refractivity contribution in [3.05, 3.63) is 17.3 Å². The summed E-state index contributed by atoms with van der Waals surface area (Å²) in [7, 11) is 4.31. The van der Waals surface area contributed by atoms with Gasteiger partial charge in [0.25, 0.3) is 0 Å². The van der Waals surface area contributed by atoms with Crippen LogP contribution in [0.25, 0.3) is 4.96 Å². The molecule has 1 atom stereocenters. The number of aromatic nitrogens is 2. The Morgan fingerprint density at radius 1 is 1.53 bits per heavy atom. The third-order valence-electron chi connectivity index (χ3n) is 3.89. The smallest absolute Gasteiger partial charge is 0.195 e. The Labute approximate surface area is 122 Å². The number of rotatable bonds is 3. The molecule has 6 heteroatoms. The van der Waals surface area contributed by atoms with Gasteiger partial charge in [-0.3, -0.25) is 4.40 Å². The van der Waals surface area contributed by atoms with E-state index >= 15 is 0 Å². The molecule has 0 aromatic carbocycles. The first-order valence-electron chi connectivity index (χ1n) is 6.62. The number of piperidine rings is 1. The highest BCUT2D eigenvalue weighted by Crippen LogP contribution is 2.28. The molecule has 3 rings (SSSR count).